The second kappa shape index (κ2) is 8.35. The lowest BCUT2D eigenvalue weighted by Crippen LogP contribution is -2.46. The first-order chi connectivity index (χ1) is 12.6. The molecule has 0 bridgehead atoms. The van der Waals surface area contributed by atoms with Crippen molar-refractivity contribution >= 4 is 40.3 Å². The number of rotatable bonds is 5. The summed E-state index contributed by atoms with van der Waals surface area (Å²) in [5.41, 5.74) is 0.389. The van der Waals surface area contributed by atoms with Gasteiger partial charge in [-0.2, -0.15) is 0 Å². The Morgan fingerprint density at radius 2 is 1.89 bits per heavy atom. The Bertz CT molecular complexity index is 877. The molecule has 0 spiro atoms. The van der Waals surface area contributed by atoms with Crippen LogP contribution in [0.3, 0.4) is 0 Å². The van der Waals surface area contributed by atoms with Crippen molar-refractivity contribution in [1.29, 1.82) is 0 Å². The van der Waals surface area contributed by atoms with E-state index in [1.165, 1.54) is 18.0 Å². The second-order valence-electron chi connectivity index (χ2n) is 7.13. The molecule has 0 saturated heterocycles. The molecule has 2 amide bonds. The van der Waals surface area contributed by atoms with Crippen molar-refractivity contribution in [3.05, 3.63) is 41.0 Å². The molecule has 8 heteroatoms. The van der Waals surface area contributed by atoms with Gasteiger partial charge in [0.25, 0.3) is 5.91 Å². The number of pyridine rings is 1. The van der Waals surface area contributed by atoms with Crippen molar-refractivity contribution in [3.63, 3.8) is 0 Å². The molecule has 0 saturated carbocycles. The van der Waals surface area contributed by atoms with Crippen molar-refractivity contribution in [2.24, 2.45) is 0 Å². The van der Waals surface area contributed by atoms with Crippen LogP contribution in [0.1, 0.15) is 31.1 Å². The predicted octanol–water partition coefficient (Wildman–Crippen LogP) is 2.42. The van der Waals surface area contributed by atoms with Gasteiger partial charge >= 0.3 is 5.97 Å². The zero-order chi connectivity index (χ0) is 20.2. The Morgan fingerprint density at radius 1 is 1.22 bits per heavy atom. The minimum Gasteiger partial charge on any atom is -0.452 e. The van der Waals surface area contributed by atoms with E-state index in [0.29, 0.717) is 10.9 Å². The lowest BCUT2D eigenvalue weighted by atomic mass is 10.1. The molecule has 2 aromatic rings. The van der Waals surface area contributed by atoms with Gasteiger partial charge in [0, 0.05) is 18.0 Å². The second-order valence-corrected chi connectivity index (χ2v) is 7.52. The summed E-state index contributed by atoms with van der Waals surface area (Å²) in [7, 11) is 1.47. The molecule has 0 aliphatic carbocycles. The number of aromatic nitrogens is 1. The number of hydrogen-bond donors (Lipinski definition) is 1. The molecule has 0 aliphatic rings. The highest BCUT2D eigenvalue weighted by Crippen LogP contribution is 2.21. The summed E-state index contributed by atoms with van der Waals surface area (Å²) in [4.78, 5) is 41.8. The average molecular weight is 392 g/mol. The van der Waals surface area contributed by atoms with Crippen LogP contribution in [-0.2, 0) is 14.3 Å². The normalized spacial score (nSPS) is 11.1. The molecular formula is C19H22ClN3O4. The van der Waals surface area contributed by atoms with Gasteiger partial charge in [-0.25, -0.2) is 9.78 Å². The van der Waals surface area contributed by atoms with Gasteiger partial charge in [0.15, 0.2) is 6.61 Å². The SMILES string of the molecule is CN(CC(=O)NC(C)(C)C)C(=O)COC(=O)c1cc(Cl)nc2ccccc12. The quantitative estimate of drug-likeness (QED) is 0.624. The van der Waals surface area contributed by atoms with Crippen molar-refractivity contribution in [2.45, 2.75) is 26.3 Å². The molecule has 0 unspecified atom stereocenters. The van der Waals surface area contributed by atoms with Crippen LogP contribution < -0.4 is 5.32 Å². The number of esters is 1. The van der Waals surface area contributed by atoms with Crippen molar-refractivity contribution < 1.29 is 19.1 Å². The molecule has 1 N–H and O–H groups in total. The largest absolute Gasteiger partial charge is 0.452 e. The Labute approximate surface area is 162 Å². The molecule has 1 aromatic heterocycles. The number of halogens is 1. The van der Waals surface area contributed by atoms with Crippen LogP contribution in [0.25, 0.3) is 10.9 Å². The van der Waals surface area contributed by atoms with Gasteiger partial charge in [-0.3, -0.25) is 9.59 Å². The van der Waals surface area contributed by atoms with Crippen LogP contribution in [0.15, 0.2) is 30.3 Å². The number of benzene rings is 1. The van der Waals surface area contributed by atoms with Crippen LogP contribution in [0.5, 0.6) is 0 Å². The summed E-state index contributed by atoms with van der Waals surface area (Å²) in [6.45, 7) is 4.93. The zero-order valence-electron chi connectivity index (χ0n) is 15.7. The third-order valence-electron chi connectivity index (χ3n) is 3.55. The fraction of sp³-hybridized carbons (Fsp3) is 0.368. The van der Waals surface area contributed by atoms with Crippen LogP contribution in [-0.4, -0.2) is 53.4 Å². The van der Waals surface area contributed by atoms with Crippen LogP contribution in [0.4, 0.5) is 0 Å². The summed E-state index contributed by atoms with van der Waals surface area (Å²) in [6.07, 6.45) is 0. The lowest BCUT2D eigenvalue weighted by molar-refractivity contribution is -0.137. The van der Waals surface area contributed by atoms with E-state index in [2.05, 4.69) is 10.3 Å². The Morgan fingerprint density at radius 3 is 2.56 bits per heavy atom. The smallest absolute Gasteiger partial charge is 0.339 e. The summed E-state index contributed by atoms with van der Waals surface area (Å²) in [5, 5.41) is 3.50. The number of nitrogens with one attached hydrogen (secondary N) is 1. The van der Waals surface area contributed by atoms with Crippen LogP contribution in [0, 0.1) is 0 Å². The number of carbonyl (C=O) groups is 3. The van der Waals surface area contributed by atoms with Crippen LogP contribution >= 0.6 is 11.6 Å². The lowest BCUT2D eigenvalue weighted by Gasteiger charge is -2.23. The number of ether oxygens (including phenoxy) is 1. The predicted molar refractivity (Wildman–Crippen MR) is 103 cm³/mol. The van der Waals surface area contributed by atoms with Gasteiger partial charge in [-0.15, -0.1) is 0 Å². The molecule has 0 atom stereocenters. The van der Waals surface area contributed by atoms with Crippen molar-refractivity contribution in [3.8, 4) is 0 Å². The first-order valence-corrected chi connectivity index (χ1v) is 8.72. The highest BCUT2D eigenvalue weighted by Gasteiger charge is 2.20. The highest BCUT2D eigenvalue weighted by atomic mass is 35.5. The number of nitrogens with zero attached hydrogens (tertiary/aromatic N) is 2. The van der Waals surface area contributed by atoms with Gasteiger partial charge in [0.05, 0.1) is 17.6 Å². The fourth-order valence-corrected chi connectivity index (χ4v) is 2.59. The fourth-order valence-electron chi connectivity index (χ4n) is 2.39. The molecule has 1 aromatic carbocycles. The molecule has 144 valence electrons. The van der Waals surface area contributed by atoms with Gasteiger partial charge < -0.3 is 15.0 Å². The third-order valence-corrected chi connectivity index (χ3v) is 3.75. The van der Waals surface area contributed by atoms with Gasteiger partial charge in [-0.05, 0) is 32.9 Å². The third kappa shape index (κ3) is 5.92. The number of fused-ring (bicyclic) bond motifs is 1. The average Bonchev–Trinajstić information content (AvgIpc) is 2.56. The van der Waals surface area contributed by atoms with E-state index in [9.17, 15) is 14.4 Å². The number of carbonyl (C=O) groups excluding carboxylic acids is 3. The standard InChI is InChI=1S/C19H22ClN3O4/c1-19(2,3)22-16(24)10-23(4)17(25)11-27-18(26)13-9-15(20)21-14-8-6-5-7-12(13)14/h5-9H,10-11H2,1-4H3,(H,22,24). The minimum absolute atomic E-state index is 0.127. The number of para-hydroxylation sites is 1. The topological polar surface area (TPSA) is 88.6 Å². The van der Waals surface area contributed by atoms with Crippen LogP contribution in [0.2, 0.25) is 5.15 Å². The monoisotopic (exact) mass is 391 g/mol. The van der Waals surface area contributed by atoms with E-state index in [1.54, 1.807) is 24.3 Å². The number of likely N-dealkylation sites (N-methyl/N-ethyl adjacent to an activating group) is 1. The molecule has 7 nitrogen and oxygen atoms in total. The Hall–Kier alpha value is -2.67. The van der Waals surface area contributed by atoms with E-state index in [0.717, 1.165) is 0 Å². The molecular weight excluding hydrogens is 370 g/mol. The van der Waals surface area contributed by atoms with E-state index >= 15 is 0 Å². The molecule has 0 radical (unpaired) electrons. The summed E-state index contributed by atoms with van der Waals surface area (Å²) < 4.78 is 5.11. The van der Waals surface area contributed by atoms with Gasteiger partial charge in [0.2, 0.25) is 5.91 Å². The number of amides is 2. The maximum atomic E-state index is 12.4. The van der Waals surface area contributed by atoms with Gasteiger partial charge in [-0.1, -0.05) is 29.8 Å². The molecule has 1 heterocycles. The summed E-state index contributed by atoms with van der Waals surface area (Å²) in [5.74, 6) is -1.47. The van der Waals surface area contributed by atoms with Gasteiger partial charge in [0.1, 0.15) is 5.15 Å². The molecule has 2 rings (SSSR count). The van der Waals surface area contributed by atoms with Crippen molar-refractivity contribution in [2.75, 3.05) is 20.2 Å². The Kier molecular flexibility index (Phi) is 6.38. The van der Waals surface area contributed by atoms with E-state index in [1.807, 2.05) is 20.8 Å². The Balaban J connectivity index is 1.99. The van der Waals surface area contributed by atoms with E-state index in [-0.39, 0.29) is 23.2 Å². The van der Waals surface area contributed by atoms with E-state index < -0.39 is 24.0 Å². The maximum Gasteiger partial charge on any atom is 0.339 e. The molecule has 0 fully saturated rings. The van der Waals surface area contributed by atoms with E-state index in [4.69, 9.17) is 16.3 Å². The van der Waals surface area contributed by atoms with Crippen molar-refractivity contribution in [1.82, 2.24) is 15.2 Å². The maximum absolute atomic E-state index is 12.4. The number of hydrogen-bond acceptors (Lipinski definition) is 5. The summed E-state index contributed by atoms with van der Waals surface area (Å²) >= 11 is 5.95. The highest BCUT2D eigenvalue weighted by molar-refractivity contribution is 6.30. The molecule has 0 aliphatic heterocycles. The minimum atomic E-state index is -0.684. The first kappa shape index (κ1) is 20.6. The molecule has 27 heavy (non-hydrogen) atoms. The summed E-state index contributed by atoms with van der Waals surface area (Å²) in [6, 6.07) is 8.39. The first-order valence-electron chi connectivity index (χ1n) is 8.34. The zero-order valence-corrected chi connectivity index (χ0v) is 16.5.